The number of rotatable bonds is 4. The third-order valence-electron chi connectivity index (χ3n) is 3.66. The number of nitrogens with one attached hydrogen (secondary N) is 2. The van der Waals surface area contributed by atoms with E-state index in [1.807, 2.05) is 4.90 Å². The number of hydrogen-bond donors (Lipinski definition) is 2. The van der Waals surface area contributed by atoms with E-state index in [4.69, 9.17) is 0 Å². The van der Waals surface area contributed by atoms with Crippen LogP contribution in [0.25, 0.3) is 0 Å². The van der Waals surface area contributed by atoms with Crippen LogP contribution in [0, 0.1) is 15.9 Å². The van der Waals surface area contributed by atoms with Gasteiger partial charge in [0.25, 0.3) is 5.69 Å². The maximum Gasteiger partial charge on any atom is 0.295 e. The molecule has 1 aromatic carbocycles. The van der Waals surface area contributed by atoms with Crippen molar-refractivity contribution in [2.75, 3.05) is 36.4 Å². The van der Waals surface area contributed by atoms with Crippen LogP contribution in [0.15, 0.2) is 12.1 Å². The maximum atomic E-state index is 14.1. The summed E-state index contributed by atoms with van der Waals surface area (Å²) in [6, 6.07) is 2.90. The number of anilines is 2. The van der Waals surface area contributed by atoms with Crippen molar-refractivity contribution < 1.29 is 9.31 Å². The molecule has 7 heteroatoms. The molecule has 6 nitrogen and oxygen atoms in total. The molecule has 1 aliphatic carbocycles. The summed E-state index contributed by atoms with van der Waals surface area (Å²) in [4.78, 5) is 12.4. The molecular formula is C13H17FN4O2. The first-order chi connectivity index (χ1) is 9.65. The normalized spacial score (nSPS) is 18.9. The molecule has 2 fully saturated rings. The summed E-state index contributed by atoms with van der Waals surface area (Å²) >= 11 is 0. The minimum atomic E-state index is -0.532. The summed E-state index contributed by atoms with van der Waals surface area (Å²) in [5.74, 6) is -0.528. The molecule has 1 aliphatic heterocycles. The molecule has 0 spiro atoms. The van der Waals surface area contributed by atoms with E-state index in [-0.39, 0.29) is 11.7 Å². The average molecular weight is 280 g/mol. The van der Waals surface area contributed by atoms with Crippen molar-refractivity contribution in [2.45, 2.75) is 18.9 Å². The van der Waals surface area contributed by atoms with Crippen molar-refractivity contribution in [3.8, 4) is 0 Å². The van der Waals surface area contributed by atoms with Crippen LogP contribution in [0.4, 0.5) is 21.5 Å². The van der Waals surface area contributed by atoms with E-state index in [9.17, 15) is 14.5 Å². The summed E-state index contributed by atoms with van der Waals surface area (Å²) in [6.07, 6.45) is 2.02. The fraction of sp³-hybridized carbons (Fsp3) is 0.538. The van der Waals surface area contributed by atoms with Gasteiger partial charge in [-0.05, 0) is 18.9 Å². The summed E-state index contributed by atoms with van der Waals surface area (Å²) in [5, 5.41) is 17.4. The second-order valence-corrected chi connectivity index (χ2v) is 5.23. The Morgan fingerprint density at radius 2 is 2.05 bits per heavy atom. The van der Waals surface area contributed by atoms with Gasteiger partial charge in [-0.25, -0.2) is 4.39 Å². The van der Waals surface area contributed by atoms with Gasteiger partial charge in [0.15, 0.2) is 5.82 Å². The number of nitro benzene ring substituents is 1. The van der Waals surface area contributed by atoms with Crippen molar-refractivity contribution in [3.05, 3.63) is 28.1 Å². The van der Waals surface area contributed by atoms with Gasteiger partial charge in [-0.2, -0.15) is 0 Å². The maximum absolute atomic E-state index is 14.1. The lowest BCUT2D eigenvalue weighted by Gasteiger charge is -2.30. The van der Waals surface area contributed by atoms with Crippen molar-refractivity contribution >= 4 is 17.1 Å². The molecule has 1 saturated carbocycles. The molecule has 0 radical (unpaired) electrons. The first-order valence-corrected chi connectivity index (χ1v) is 6.85. The minimum Gasteiger partial charge on any atom is -0.377 e. The van der Waals surface area contributed by atoms with Crippen LogP contribution < -0.4 is 15.5 Å². The lowest BCUT2D eigenvalue weighted by atomic mass is 10.2. The molecular weight excluding hydrogens is 263 g/mol. The van der Waals surface area contributed by atoms with E-state index >= 15 is 0 Å². The zero-order chi connectivity index (χ0) is 14.1. The van der Waals surface area contributed by atoms with Crippen molar-refractivity contribution in [1.29, 1.82) is 0 Å². The molecule has 1 heterocycles. The van der Waals surface area contributed by atoms with Gasteiger partial charge in [-0.3, -0.25) is 10.1 Å². The van der Waals surface area contributed by atoms with Gasteiger partial charge in [-0.15, -0.1) is 0 Å². The van der Waals surface area contributed by atoms with Crippen LogP contribution in [0.1, 0.15) is 12.8 Å². The Morgan fingerprint density at radius 1 is 1.35 bits per heavy atom. The number of nitro groups is 1. The Morgan fingerprint density at radius 3 is 2.65 bits per heavy atom. The lowest BCUT2D eigenvalue weighted by molar-refractivity contribution is -0.384. The molecule has 3 rings (SSSR count). The Bertz CT molecular complexity index is 527. The van der Waals surface area contributed by atoms with Gasteiger partial charge < -0.3 is 15.5 Å². The highest BCUT2D eigenvalue weighted by atomic mass is 19.1. The highest BCUT2D eigenvalue weighted by molar-refractivity contribution is 5.70. The molecule has 0 amide bonds. The Kier molecular flexibility index (Phi) is 3.43. The SMILES string of the molecule is O=[N+]([O-])c1cc(F)c(N2CCNCC2)cc1NC1CC1. The highest BCUT2D eigenvalue weighted by Gasteiger charge is 2.27. The van der Waals surface area contributed by atoms with Crippen LogP contribution in [-0.4, -0.2) is 37.1 Å². The van der Waals surface area contributed by atoms with Crippen LogP contribution >= 0.6 is 0 Å². The smallest absolute Gasteiger partial charge is 0.295 e. The quantitative estimate of drug-likeness (QED) is 0.649. The second-order valence-electron chi connectivity index (χ2n) is 5.23. The largest absolute Gasteiger partial charge is 0.377 e. The minimum absolute atomic E-state index is 0.187. The third kappa shape index (κ3) is 2.67. The first kappa shape index (κ1) is 13.1. The molecule has 1 aromatic rings. The molecule has 108 valence electrons. The van der Waals surface area contributed by atoms with Gasteiger partial charge in [0.1, 0.15) is 5.69 Å². The van der Waals surface area contributed by atoms with Crippen molar-refractivity contribution in [1.82, 2.24) is 5.32 Å². The fourth-order valence-electron chi connectivity index (χ4n) is 2.41. The topological polar surface area (TPSA) is 70.4 Å². The van der Waals surface area contributed by atoms with E-state index in [1.165, 1.54) is 0 Å². The predicted octanol–water partition coefficient (Wildman–Crippen LogP) is 1.72. The predicted molar refractivity (Wildman–Crippen MR) is 74.8 cm³/mol. The molecule has 2 aliphatic rings. The Hall–Kier alpha value is -1.89. The number of halogens is 1. The molecule has 0 unspecified atom stereocenters. The van der Waals surface area contributed by atoms with E-state index < -0.39 is 10.7 Å². The highest BCUT2D eigenvalue weighted by Crippen LogP contribution is 2.35. The zero-order valence-electron chi connectivity index (χ0n) is 11.1. The molecule has 2 N–H and O–H groups in total. The molecule has 0 aromatic heterocycles. The van der Waals surface area contributed by atoms with Crippen LogP contribution in [0.2, 0.25) is 0 Å². The third-order valence-corrected chi connectivity index (χ3v) is 3.66. The van der Waals surface area contributed by atoms with Gasteiger partial charge in [-0.1, -0.05) is 0 Å². The van der Waals surface area contributed by atoms with Crippen LogP contribution in [-0.2, 0) is 0 Å². The van der Waals surface area contributed by atoms with E-state index in [0.29, 0.717) is 24.5 Å². The number of piperazine rings is 1. The molecule has 1 saturated heterocycles. The standard InChI is InChI=1S/C13H17FN4O2/c14-10-7-13(18(19)20)11(16-9-1-2-9)8-12(10)17-5-3-15-4-6-17/h7-9,15-16H,1-6H2. The molecule has 0 atom stereocenters. The van der Waals surface area contributed by atoms with Gasteiger partial charge in [0.05, 0.1) is 16.7 Å². The zero-order valence-corrected chi connectivity index (χ0v) is 11.1. The van der Waals surface area contributed by atoms with Crippen molar-refractivity contribution in [2.24, 2.45) is 0 Å². The van der Waals surface area contributed by atoms with Gasteiger partial charge in [0.2, 0.25) is 0 Å². The first-order valence-electron chi connectivity index (χ1n) is 6.85. The fourth-order valence-corrected chi connectivity index (χ4v) is 2.41. The Balaban J connectivity index is 1.94. The summed E-state index contributed by atoms with van der Waals surface area (Å²) < 4.78 is 14.1. The van der Waals surface area contributed by atoms with E-state index in [2.05, 4.69) is 10.6 Å². The summed E-state index contributed by atoms with van der Waals surface area (Å²) in [7, 11) is 0. The number of nitrogens with zero attached hydrogens (tertiary/aromatic N) is 2. The number of hydrogen-bond acceptors (Lipinski definition) is 5. The van der Waals surface area contributed by atoms with Gasteiger partial charge in [0, 0.05) is 32.2 Å². The molecule has 0 bridgehead atoms. The second kappa shape index (κ2) is 5.24. The van der Waals surface area contributed by atoms with Gasteiger partial charge >= 0.3 is 0 Å². The number of benzene rings is 1. The van der Waals surface area contributed by atoms with Crippen LogP contribution in [0.3, 0.4) is 0 Å². The summed E-state index contributed by atoms with van der Waals surface area (Å²) in [5.41, 5.74) is 0.681. The van der Waals surface area contributed by atoms with E-state index in [0.717, 1.165) is 32.0 Å². The van der Waals surface area contributed by atoms with E-state index in [1.54, 1.807) is 6.07 Å². The monoisotopic (exact) mass is 280 g/mol. The summed E-state index contributed by atoms with van der Waals surface area (Å²) in [6.45, 7) is 3.00. The van der Waals surface area contributed by atoms with Crippen molar-refractivity contribution in [3.63, 3.8) is 0 Å². The molecule has 20 heavy (non-hydrogen) atoms. The average Bonchev–Trinajstić information content (AvgIpc) is 3.25. The van der Waals surface area contributed by atoms with Crippen LogP contribution in [0.5, 0.6) is 0 Å². The lowest BCUT2D eigenvalue weighted by Crippen LogP contribution is -2.43. The Labute approximate surface area is 116 Å².